The van der Waals surface area contributed by atoms with Crippen molar-refractivity contribution >= 4 is 6.09 Å². The van der Waals surface area contributed by atoms with Gasteiger partial charge in [0.1, 0.15) is 5.60 Å². The number of nitrogens with one attached hydrogen (secondary N) is 1. The van der Waals surface area contributed by atoms with Crippen LogP contribution < -0.4 is 5.32 Å². The fourth-order valence-corrected chi connectivity index (χ4v) is 2.42. The number of carbonyl (C=O) groups is 1. The maximum absolute atomic E-state index is 12.0. The molecular weight excluding hydrogens is 290 g/mol. The van der Waals surface area contributed by atoms with Gasteiger partial charge in [-0.05, 0) is 51.8 Å². The van der Waals surface area contributed by atoms with Crippen LogP contribution in [0.25, 0.3) is 0 Å². The Kier molecular flexibility index (Phi) is 5.77. The zero-order valence-electron chi connectivity index (χ0n) is 14.5. The van der Waals surface area contributed by atoms with Crippen molar-refractivity contribution in [3.05, 3.63) is 41.7 Å². The monoisotopic (exact) mass is 317 g/mol. The highest BCUT2D eigenvalue weighted by Gasteiger charge is 2.23. The van der Waals surface area contributed by atoms with E-state index in [1.807, 2.05) is 45.3 Å². The summed E-state index contributed by atoms with van der Waals surface area (Å²) in [7, 11) is 0. The van der Waals surface area contributed by atoms with Gasteiger partial charge in [0, 0.05) is 38.1 Å². The molecule has 23 heavy (non-hydrogen) atoms. The molecule has 1 unspecified atom stereocenters. The van der Waals surface area contributed by atoms with Crippen LogP contribution in [0.3, 0.4) is 0 Å². The molecule has 1 N–H and O–H groups in total. The second kappa shape index (κ2) is 7.59. The molecule has 1 atom stereocenters. The van der Waals surface area contributed by atoms with Gasteiger partial charge in [0.25, 0.3) is 0 Å². The van der Waals surface area contributed by atoms with Crippen LogP contribution in [0.4, 0.5) is 4.79 Å². The molecule has 1 aromatic rings. The molecule has 2 heterocycles. The first-order valence-electron chi connectivity index (χ1n) is 8.14. The first-order valence-corrected chi connectivity index (χ1v) is 8.14. The van der Waals surface area contributed by atoms with Crippen molar-refractivity contribution < 1.29 is 9.53 Å². The molecule has 1 aliphatic heterocycles. The van der Waals surface area contributed by atoms with Gasteiger partial charge in [-0.2, -0.15) is 0 Å². The highest BCUT2D eigenvalue weighted by Crippen LogP contribution is 2.16. The number of hydrogen-bond acceptors (Lipinski definition) is 4. The number of pyridine rings is 1. The summed E-state index contributed by atoms with van der Waals surface area (Å²) in [4.78, 5) is 17.8. The number of rotatable bonds is 4. The van der Waals surface area contributed by atoms with Gasteiger partial charge in [-0.15, -0.1) is 0 Å². The lowest BCUT2D eigenvalue weighted by atomic mass is 10.1. The van der Waals surface area contributed by atoms with Crippen LogP contribution in [0.1, 0.15) is 45.7 Å². The molecule has 0 aromatic carbocycles. The quantitative estimate of drug-likeness (QED) is 0.866. The molecule has 1 amide bonds. The van der Waals surface area contributed by atoms with Crippen molar-refractivity contribution in [3.63, 3.8) is 0 Å². The van der Waals surface area contributed by atoms with E-state index in [4.69, 9.17) is 4.74 Å². The third-order valence-electron chi connectivity index (χ3n) is 3.80. The van der Waals surface area contributed by atoms with Gasteiger partial charge in [0.15, 0.2) is 0 Å². The summed E-state index contributed by atoms with van der Waals surface area (Å²) in [6.07, 6.45) is 6.40. The van der Waals surface area contributed by atoms with Crippen molar-refractivity contribution in [2.75, 3.05) is 19.6 Å². The molecule has 1 aromatic heterocycles. The highest BCUT2D eigenvalue weighted by atomic mass is 16.6. The van der Waals surface area contributed by atoms with Crippen molar-refractivity contribution in [3.8, 4) is 0 Å². The Hall–Kier alpha value is -1.88. The molecule has 1 aliphatic rings. The average Bonchev–Trinajstić information content (AvgIpc) is 2.52. The van der Waals surface area contributed by atoms with Crippen LogP contribution >= 0.6 is 0 Å². The molecule has 0 aliphatic carbocycles. The van der Waals surface area contributed by atoms with Crippen molar-refractivity contribution in [1.82, 2.24) is 15.2 Å². The highest BCUT2D eigenvalue weighted by molar-refractivity contribution is 5.68. The van der Waals surface area contributed by atoms with E-state index in [2.05, 4.69) is 23.3 Å². The molecule has 0 spiro atoms. The van der Waals surface area contributed by atoms with E-state index in [1.54, 1.807) is 4.90 Å². The Morgan fingerprint density at radius 3 is 2.65 bits per heavy atom. The van der Waals surface area contributed by atoms with Gasteiger partial charge in [-0.1, -0.05) is 11.6 Å². The summed E-state index contributed by atoms with van der Waals surface area (Å²) in [6.45, 7) is 9.99. The lowest BCUT2D eigenvalue weighted by Gasteiger charge is -2.30. The first kappa shape index (κ1) is 17.5. The lowest BCUT2D eigenvalue weighted by Crippen LogP contribution is -2.40. The molecule has 0 saturated heterocycles. The summed E-state index contributed by atoms with van der Waals surface area (Å²) >= 11 is 0. The van der Waals surface area contributed by atoms with Crippen LogP contribution in [0.2, 0.25) is 0 Å². The van der Waals surface area contributed by atoms with E-state index >= 15 is 0 Å². The van der Waals surface area contributed by atoms with Crippen LogP contribution in [0.5, 0.6) is 0 Å². The Labute approximate surface area is 138 Å². The zero-order chi connectivity index (χ0) is 16.9. The standard InChI is InChI=1S/C18H27N3O2/c1-14(16-5-9-19-10-6-16)20-13-15-7-11-21(12-8-15)17(22)23-18(2,3)4/h5-7,9-10,14,20H,8,11-13H2,1-4H3. The van der Waals surface area contributed by atoms with Gasteiger partial charge < -0.3 is 15.0 Å². The van der Waals surface area contributed by atoms with Crippen LogP contribution in [0, 0.1) is 0 Å². The maximum atomic E-state index is 12.0. The lowest BCUT2D eigenvalue weighted by molar-refractivity contribution is 0.0265. The van der Waals surface area contributed by atoms with E-state index in [-0.39, 0.29) is 12.1 Å². The molecule has 126 valence electrons. The van der Waals surface area contributed by atoms with E-state index in [0.29, 0.717) is 13.1 Å². The van der Waals surface area contributed by atoms with E-state index < -0.39 is 5.60 Å². The smallest absolute Gasteiger partial charge is 0.410 e. The number of carbonyl (C=O) groups excluding carboxylic acids is 1. The van der Waals surface area contributed by atoms with E-state index in [9.17, 15) is 4.79 Å². The third-order valence-corrected chi connectivity index (χ3v) is 3.80. The van der Waals surface area contributed by atoms with Gasteiger partial charge in [0.05, 0.1) is 0 Å². The zero-order valence-corrected chi connectivity index (χ0v) is 14.5. The Morgan fingerprint density at radius 1 is 1.39 bits per heavy atom. The minimum Gasteiger partial charge on any atom is -0.444 e. The summed E-state index contributed by atoms with van der Waals surface area (Å²) in [5.74, 6) is 0. The normalized spacial score (nSPS) is 16.7. The number of ether oxygens (including phenoxy) is 1. The van der Waals surface area contributed by atoms with Crippen molar-refractivity contribution in [2.45, 2.75) is 45.8 Å². The van der Waals surface area contributed by atoms with Crippen LogP contribution in [-0.2, 0) is 4.74 Å². The molecule has 2 rings (SSSR count). The summed E-state index contributed by atoms with van der Waals surface area (Å²) < 4.78 is 5.40. The van der Waals surface area contributed by atoms with Crippen LogP contribution in [-0.4, -0.2) is 41.2 Å². The molecule has 0 radical (unpaired) electrons. The summed E-state index contributed by atoms with van der Waals surface area (Å²) in [5.41, 5.74) is 2.13. The van der Waals surface area contributed by atoms with Gasteiger partial charge in [0.2, 0.25) is 0 Å². The first-order chi connectivity index (χ1) is 10.8. The number of nitrogens with zero attached hydrogens (tertiary/aromatic N) is 2. The Balaban J connectivity index is 1.80. The van der Waals surface area contributed by atoms with E-state index in [0.717, 1.165) is 13.0 Å². The van der Waals surface area contributed by atoms with E-state index in [1.165, 1.54) is 11.1 Å². The number of amides is 1. The minimum atomic E-state index is -0.442. The van der Waals surface area contributed by atoms with Crippen molar-refractivity contribution in [2.24, 2.45) is 0 Å². The van der Waals surface area contributed by atoms with Crippen LogP contribution in [0.15, 0.2) is 36.2 Å². The average molecular weight is 317 g/mol. The fourth-order valence-electron chi connectivity index (χ4n) is 2.42. The second-order valence-corrected chi connectivity index (χ2v) is 6.92. The van der Waals surface area contributed by atoms with Gasteiger partial charge in [-0.25, -0.2) is 4.79 Å². The fraction of sp³-hybridized carbons (Fsp3) is 0.556. The van der Waals surface area contributed by atoms with Crippen molar-refractivity contribution in [1.29, 1.82) is 0 Å². The Bertz CT molecular complexity index is 549. The molecular formula is C18H27N3O2. The largest absolute Gasteiger partial charge is 0.444 e. The third kappa shape index (κ3) is 5.67. The predicted octanol–water partition coefficient (Wildman–Crippen LogP) is 3.30. The summed E-state index contributed by atoms with van der Waals surface area (Å²) in [6, 6.07) is 4.33. The topological polar surface area (TPSA) is 54.5 Å². The molecule has 5 nitrogen and oxygen atoms in total. The molecule has 0 fully saturated rings. The number of aromatic nitrogens is 1. The van der Waals surface area contributed by atoms with Gasteiger partial charge in [-0.3, -0.25) is 4.98 Å². The maximum Gasteiger partial charge on any atom is 0.410 e. The molecule has 0 bridgehead atoms. The summed E-state index contributed by atoms with van der Waals surface area (Å²) in [5, 5.41) is 3.52. The Morgan fingerprint density at radius 2 is 2.09 bits per heavy atom. The minimum absolute atomic E-state index is 0.231. The predicted molar refractivity (Wildman–Crippen MR) is 91.2 cm³/mol. The second-order valence-electron chi connectivity index (χ2n) is 6.92. The van der Waals surface area contributed by atoms with Gasteiger partial charge >= 0.3 is 6.09 Å². The number of hydrogen-bond donors (Lipinski definition) is 1. The molecule has 5 heteroatoms. The SMILES string of the molecule is CC(NCC1=CCN(C(=O)OC(C)(C)C)CC1)c1ccncc1. The molecule has 0 saturated carbocycles.